The molecular weight excluding hydrogens is 612 g/mol. The van der Waals surface area contributed by atoms with E-state index in [0.29, 0.717) is 25.8 Å². The molecule has 4 N–H and O–H groups in total. The number of nitrogens with zero attached hydrogens (tertiary/aromatic N) is 1. The Kier molecular flexibility index (Phi) is 13.3. The number of nitrogens with one attached hydrogen (secondary N) is 3. The van der Waals surface area contributed by atoms with Crippen LogP contribution in [0.3, 0.4) is 0 Å². The molecule has 4 amide bonds. The van der Waals surface area contributed by atoms with Crippen LogP contribution in [0.5, 0.6) is 0 Å². The molecule has 0 bridgehead atoms. The van der Waals surface area contributed by atoms with E-state index in [1.807, 2.05) is 44.2 Å². The molecule has 3 rings (SSSR count). The van der Waals surface area contributed by atoms with Gasteiger partial charge in [-0.05, 0) is 62.8 Å². The minimum atomic E-state index is -3.81. The summed E-state index contributed by atoms with van der Waals surface area (Å²) in [4.78, 5) is 53.9. The number of aliphatic hydroxyl groups excluding tert-OH is 1. The van der Waals surface area contributed by atoms with Gasteiger partial charge in [-0.2, -0.15) is 0 Å². The second-order valence-corrected chi connectivity index (χ2v) is 13.6. The van der Waals surface area contributed by atoms with E-state index in [2.05, 4.69) is 16.0 Å². The van der Waals surface area contributed by atoms with Crippen molar-refractivity contribution in [1.82, 2.24) is 20.9 Å². The Hall–Kier alpha value is -4.23. The number of carbonyl (C=O) groups excluding carboxylic acids is 4. The Bertz CT molecular complexity index is 1460. The first-order valence-electron chi connectivity index (χ1n) is 15.3. The van der Waals surface area contributed by atoms with Crippen LogP contribution in [0.2, 0.25) is 0 Å². The first kappa shape index (κ1) is 36.2. The summed E-state index contributed by atoms with van der Waals surface area (Å²) in [7, 11) is -3.81. The van der Waals surface area contributed by atoms with Crippen LogP contribution in [0.15, 0.2) is 77.0 Å². The molecule has 13 heteroatoms. The van der Waals surface area contributed by atoms with Gasteiger partial charge in [0.2, 0.25) is 17.7 Å². The maximum absolute atomic E-state index is 13.6. The maximum Gasteiger partial charge on any atom is 0.408 e. The third-order valence-corrected chi connectivity index (χ3v) is 8.91. The summed E-state index contributed by atoms with van der Waals surface area (Å²) in [6.45, 7) is 7.02. The molecule has 1 unspecified atom stereocenters. The predicted molar refractivity (Wildman–Crippen MR) is 172 cm³/mol. The number of rotatable bonds is 14. The molecule has 0 radical (unpaired) electrons. The van der Waals surface area contributed by atoms with Crippen LogP contribution in [-0.4, -0.2) is 79.1 Å². The Balaban J connectivity index is 1.61. The lowest BCUT2D eigenvalue weighted by Gasteiger charge is -2.30. The van der Waals surface area contributed by atoms with Gasteiger partial charge in [-0.15, -0.1) is 0 Å². The average molecular weight is 657 g/mol. The zero-order chi connectivity index (χ0) is 33.9. The molecule has 1 aliphatic heterocycles. The monoisotopic (exact) mass is 656 g/mol. The maximum atomic E-state index is 13.6. The zero-order valence-corrected chi connectivity index (χ0v) is 27.4. The van der Waals surface area contributed by atoms with Gasteiger partial charge in [0, 0.05) is 12.0 Å². The van der Waals surface area contributed by atoms with E-state index in [-0.39, 0.29) is 17.4 Å². The van der Waals surface area contributed by atoms with Crippen molar-refractivity contribution in [2.24, 2.45) is 5.92 Å². The van der Waals surface area contributed by atoms with Gasteiger partial charge >= 0.3 is 6.09 Å². The van der Waals surface area contributed by atoms with E-state index in [9.17, 15) is 32.7 Å². The SMILES string of the molecule is CC(C)C[C@H](NC(=O)OCc1ccccc1)C(=O)N1CCC[C@H]1C(=O)N[C@@H](C)C(=O)N[C@@H](/C=C/S(=O)(=O)c1ccccc1)C(C)O. The number of alkyl carbamates (subject to hydrolysis) is 1. The largest absolute Gasteiger partial charge is 0.445 e. The number of hydrogen-bond acceptors (Lipinski definition) is 8. The molecule has 2 aromatic rings. The van der Waals surface area contributed by atoms with Gasteiger partial charge in [-0.25, -0.2) is 13.2 Å². The van der Waals surface area contributed by atoms with Crippen molar-refractivity contribution in [2.45, 2.75) is 88.7 Å². The third kappa shape index (κ3) is 10.7. The van der Waals surface area contributed by atoms with Gasteiger partial charge in [0.25, 0.3) is 0 Å². The molecule has 0 aromatic heterocycles. The van der Waals surface area contributed by atoms with Crippen LogP contribution in [0.4, 0.5) is 4.79 Å². The quantitative estimate of drug-likeness (QED) is 0.240. The smallest absolute Gasteiger partial charge is 0.408 e. The van der Waals surface area contributed by atoms with E-state index in [0.717, 1.165) is 11.0 Å². The minimum Gasteiger partial charge on any atom is -0.445 e. The Morgan fingerprint density at radius 3 is 2.20 bits per heavy atom. The van der Waals surface area contributed by atoms with Crippen LogP contribution >= 0.6 is 0 Å². The lowest BCUT2D eigenvalue weighted by molar-refractivity contribution is -0.141. The summed E-state index contributed by atoms with van der Waals surface area (Å²) in [5, 5.41) is 19.0. The molecule has 0 aliphatic carbocycles. The molecule has 1 fully saturated rings. The zero-order valence-electron chi connectivity index (χ0n) is 26.6. The summed E-state index contributed by atoms with van der Waals surface area (Å²) in [5.41, 5.74) is 0.798. The highest BCUT2D eigenvalue weighted by Gasteiger charge is 2.39. The Morgan fingerprint density at radius 2 is 1.59 bits per heavy atom. The normalized spacial score (nSPS) is 17.6. The summed E-state index contributed by atoms with van der Waals surface area (Å²) in [6, 6.07) is 13.0. The first-order chi connectivity index (χ1) is 21.8. The van der Waals surface area contributed by atoms with Gasteiger partial charge in [-0.1, -0.05) is 62.4 Å². The molecule has 250 valence electrons. The second kappa shape index (κ2) is 16.9. The van der Waals surface area contributed by atoms with Crippen molar-refractivity contribution < 1.29 is 37.4 Å². The van der Waals surface area contributed by atoms with Crippen molar-refractivity contribution in [3.63, 3.8) is 0 Å². The number of carbonyl (C=O) groups is 4. The number of amides is 4. The van der Waals surface area contributed by atoms with Crippen LogP contribution in [0.1, 0.15) is 52.5 Å². The summed E-state index contributed by atoms with van der Waals surface area (Å²) in [5.74, 6) is -1.56. The van der Waals surface area contributed by atoms with Crippen molar-refractivity contribution in [3.05, 3.63) is 77.7 Å². The van der Waals surface area contributed by atoms with Crippen molar-refractivity contribution in [2.75, 3.05) is 6.54 Å². The number of aliphatic hydroxyl groups is 1. The standard InChI is InChI=1S/C33H44N4O8S/c1-22(2)20-28(36-33(42)45-21-25-12-7-5-8-13-25)32(41)37-18-11-16-29(37)31(40)34-23(3)30(39)35-27(24(4)38)17-19-46(43,44)26-14-9-6-10-15-26/h5-10,12-15,17,19,22-24,27-29,38H,11,16,18,20-21H2,1-4H3,(H,34,40)(H,35,39)(H,36,42)/b19-17+/t23-,24?,27-,28-,29-/m0/s1. The molecule has 12 nitrogen and oxygen atoms in total. The van der Waals surface area contributed by atoms with Crippen molar-refractivity contribution >= 4 is 33.7 Å². The fourth-order valence-corrected chi connectivity index (χ4v) is 6.04. The third-order valence-electron chi connectivity index (χ3n) is 7.47. The van der Waals surface area contributed by atoms with Crippen LogP contribution in [0, 0.1) is 5.92 Å². The highest BCUT2D eigenvalue weighted by Crippen LogP contribution is 2.21. The molecule has 0 spiro atoms. The molecule has 1 aliphatic rings. The summed E-state index contributed by atoms with van der Waals surface area (Å²) >= 11 is 0. The molecule has 1 heterocycles. The number of hydrogen-bond donors (Lipinski definition) is 4. The first-order valence-corrected chi connectivity index (χ1v) is 16.9. The van der Waals surface area contributed by atoms with E-state index < -0.39 is 63.9 Å². The van der Waals surface area contributed by atoms with Crippen LogP contribution < -0.4 is 16.0 Å². The van der Waals surface area contributed by atoms with Gasteiger partial charge in [0.1, 0.15) is 24.7 Å². The van der Waals surface area contributed by atoms with Gasteiger partial charge in [0.05, 0.1) is 17.0 Å². The Morgan fingerprint density at radius 1 is 0.957 bits per heavy atom. The van der Waals surface area contributed by atoms with Crippen LogP contribution in [0.25, 0.3) is 0 Å². The predicted octanol–water partition coefficient (Wildman–Crippen LogP) is 2.68. The summed E-state index contributed by atoms with van der Waals surface area (Å²) in [6.07, 6.45) is 0.561. The van der Waals surface area contributed by atoms with Crippen molar-refractivity contribution in [3.8, 4) is 0 Å². The molecule has 5 atom stereocenters. The van der Waals surface area contributed by atoms with E-state index in [1.165, 1.54) is 37.0 Å². The van der Waals surface area contributed by atoms with Crippen molar-refractivity contribution in [1.29, 1.82) is 0 Å². The van der Waals surface area contributed by atoms with E-state index in [4.69, 9.17) is 4.74 Å². The van der Waals surface area contributed by atoms with E-state index >= 15 is 0 Å². The van der Waals surface area contributed by atoms with Gasteiger partial charge in [-0.3, -0.25) is 14.4 Å². The van der Waals surface area contributed by atoms with E-state index in [1.54, 1.807) is 18.2 Å². The fraction of sp³-hybridized carbons (Fsp3) is 0.455. The highest BCUT2D eigenvalue weighted by atomic mass is 32.2. The van der Waals surface area contributed by atoms with Gasteiger partial charge in [0.15, 0.2) is 9.84 Å². The highest BCUT2D eigenvalue weighted by molar-refractivity contribution is 7.94. The lowest BCUT2D eigenvalue weighted by Crippen LogP contribution is -2.56. The number of likely N-dealkylation sites (tertiary alicyclic amines) is 1. The number of ether oxygens (including phenoxy) is 1. The topological polar surface area (TPSA) is 171 Å². The Labute approximate surface area is 270 Å². The van der Waals surface area contributed by atoms with Crippen LogP contribution in [-0.2, 0) is 35.6 Å². The second-order valence-electron chi connectivity index (χ2n) is 11.8. The minimum absolute atomic E-state index is 0.0402. The number of sulfone groups is 1. The van der Waals surface area contributed by atoms with Gasteiger partial charge < -0.3 is 30.7 Å². The molecule has 1 saturated heterocycles. The lowest BCUT2D eigenvalue weighted by atomic mass is 10.0. The molecule has 46 heavy (non-hydrogen) atoms. The molecular formula is C33H44N4O8S. The average Bonchev–Trinajstić information content (AvgIpc) is 3.52. The fourth-order valence-electron chi connectivity index (χ4n) is 4.97. The summed E-state index contributed by atoms with van der Waals surface area (Å²) < 4.78 is 30.5. The molecule has 2 aromatic carbocycles. The molecule has 0 saturated carbocycles. The number of benzene rings is 2.